The van der Waals surface area contributed by atoms with Crippen LogP contribution in [-0.2, 0) is 11.2 Å². The summed E-state index contributed by atoms with van der Waals surface area (Å²) in [6.45, 7) is 9.86. The Kier molecular flexibility index (Phi) is 4.84. The molecule has 0 aliphatic rings. The van der Waals surface area contributed by atoms with Gasteiger partial charge in [-0.3, -0.25) is 0 Å². The van der Waals surface area contributed by atoms with Crippen LogP contribution < -0.4 is 0 Å². The minimum atomic E-state index is -0.226. The average Bonchev–Trinajstić information content (AvgIpc) is 3.00. The maximum Gasteiger partial charge on any atom is 0.346 e. The van der Waals surface area contributed by atoms with Crippen molar-refractivity contribution in [1.29, 1.82) is 0 Å². The SMILES string of the molecule is Cc1noc(C)c1CSc1nc(C(C)(C)C)nn1C(=O)N(C)C. The number of hydrogen-bond donors (Lipinski definition) is 0. The number of nitrogens with zero attached hydrogens (tertiary/aromatic N) is 5. The predicted molar refractivity (Wildman–Crippen MR) is 88.7 cm³/mol. The molecule has 2 rings (SSSR count). The summed E-state index contributed by atoms with van der Waals surface area (Å²) in [5, 5.41) is 8.93. The molecule has 0 aromatic carbocycles. The lowest BCUT2D eigenvalue weighted by molar-refractivity contribution is 0.213. The molecular formula is C15H23N5O2S. The van der Waals surface area contributed by atoms with Gasteiger partial charge in [-0.25, -0.2) is 9.78 Å². The van der Waals surface area contributed by atoms with Crippen molar-refractivity contribution in [3.8, 4) is 0 Å². The highest BCUT2D eigenvalue weighted by molar-refractivity contribution is 7.98. The molecule has 126 valence electrons. The van der Waals surface area contributed by atoms with E-state index in [4.69, 9.17) is 4.52 Å². The van der Waals surface area contributed by atoms with E-state index in [2.05, 4.69) is 15.2 Å². The third-order valence-corrected chi connectivity index (χ3v) is 4.29. The van der Waals surface area contributed by atoms with Gasteiger partial charge in [-0.05, 0) is 13.8 Å². The normalized spacial score (nSPS) is 11.8. The first-order valence-electron chi connectivity index (χ1n) is 7.35. The Balaban J connectivity index is 2.32. The molecule has 0 saturated heterocycles. The Hall–Kier alpha value is -1.83. The van der Waals surface area contributed by atoms with Gasteiger partial charge >= 0.3 is 6.03 Å². The molecule has 2 aromatic heterocycles. The topological polar surface area (TPSA) is 77.0 Å². The lowest BCUT2D eigenvalue weighted by Crippen LogP contribution is -2.29. The molecule has 2 heterocycles. The minimum absolute atomic E-state index is 0.214. The Morgan fingerprint density at radius 3 is 2.43 bits per heavy atom. The van der Waals surface area contributed by atoms with Crippen LogP contribution in [-0.4, -0.2) is 44.9 Å². The van der Waals surface area contributed by atoms with Crippen LogP contribution in [0.3, 0.4) is 0 Å². The zero-order chi connectivity index (χ0) is 17.4. The quantitative estimate of drug-likeness (QED) is 0.801. The molecular weight excluding hydrogens is 314 g/mol. The van der Waals surface area contributed by atoms with Gasteiger partial charge in [0.05, 0.1) is 5.69 Å². The second-order valence-electron chi connectivity index (χ2n) is 6.65. The summed E-state index contributed by atoms with van der Waals surface area (Å²) in [5.41, 5.74) is 1.66. The summed E-state index contributed by atoms with van der Waals surface area (Å²) < 4.78 is 6.54. The van der Waals surface area contributed by atoms with E-state index < -0.39 is 0 Å². The molecule has 0 spiro atoms. The molecule has 0 aliphatic carbocycles. The number of carbonyl (C=O) groups excluding carboxylic acids is 1. The van der Waals surface area contributed by atoms with Gasteiger partial charge in [0.15, 0.2) is 11.0 Å². The van der Waals surface area contributed by atoms with Crippen LogP contribution in [0.4, 0.5) is 4.79 Å². The van der Waals surface area contributed by atoms with Gasteiger partial charge in [-0.15, -0.1) is 5.10 Å². The lowest BCUT2D eigenvalue weighted by atomic mass is 9.96. The molecule has 0 fully saturated rings. The largest absolute Gasteiger partial charge is 0.361 e. The molecule has 23 heavy (non-hydrogen) atoms. The molecule has 0 saturated carbocycles. The van der Waals surface area contributed by atoms with Gasteiger partial charge in [0.25, 0.3) is 0 Å². The summed E-state index contributed by atoms with van der Waals surface area (Å²) in [6.07, 6.45) is 0. The molecule has 0 radical (unpaired) electrons. The van der Waals surface area contributed by atoms with Gasteiger partial charge in [-0.1, -0.05) is 37.7 Å². The van der Waals surface area contributed by atoms with Crippen molar-refractivity contribution in [2.75, 3.05) is 14.1 Å². The molecule has 2 aromatic rings. The summed E-state index contributed by atoms with van der Waals surface area (Å²) in [5.74, 6) is 2.06. The molecule has 0 atom stereocenters. The summed E-state index contributed by atoms with van der Waals surface area (Å²) >= 11 is 1.46. The molecule has 0 bridgehead atoms. The zero-order valence-corrected chi connectivity index (χ0v) is 15.5. The fourth-order valence-electron chi connectivity index (χ4n) is 1.87. The molecule has 0 aliphatic heterocycles. The number of carbonyl (C=O) groups is 1. The van der Waals surface area contributed by atoms with Gasteiger partial charge in [-0.2, -0.15) is 4.68 Å². The number of amides is 1. The van der Waals surface area contributed by atoms with Crippen LogP contribution in [0.25, 0.3) is 0 Å². The maximum absolute atomic E-state index is 12.3. The number of aryl methyl sites for hydroxylation is 2. The molecule has 8 heteroatoms. The number of aromatic nitrogens is 4. The van der Waals surface area contributed by atoms with Crippen molar-refractivity contribution in [2.24, 2.45) is 0 Å². The predicted octanol–water partition coefficient (Wildman–Crippen LogP) is 3.00. The van der Waals surface area contributed by atoms with Gasteiger partial charge in [0.2, 0.25) is 0 Å². The van der Waals surface area contributed by atoms with Crippen molar-refractivity contribution in [3.63, 3.8) is 0 Å². The van der Waals surface area contributed by atoms with Crippen LogP contribution in [0.1, 0.15) is 43.6 Å². The standard InChI is InChI=1S/C15H23N5O2S/c1-9-11(10(2)22-18-9)8-23-13-16-12(15(3,4)5)17-20(13)14(21)19(6)7/h8H2,1-7H3. The van der Waals surface area contributed by atoms with Crippen molar-refractivity contribution >= 4 is 17.8 Å². The molecule has 0 N–H and O–H groups in total. The number of thioether (sulfide) groups is 1. The number of rotatable bonds is 3. The van der Waals surface area contributed by atoms with Crippen molar-refractivity contribution in [3.05, 3.63) is 22.8 Å². The van der Waals surface area contributed by atoms with Crippen LogP contribution in [0.2, 0.25) is 0 Å². The summed E-state index contributed by atoms with van der Waals surface area (Å²) in [6, 6.07) is -0.214. The van der Waals surface area contributed by atoms with E-state index in [1.165, 1.54) is 21.3 Å². The van der Waals surface area contributed by atoms with Gasteiger partial charge in [0.1, 0.15) is 5.76 Å². The first-order chi connectivity index (χ1) is 10.6. The molecule has 0 unspecified atom stereocenters. The van der Waals surface area contributed by atoms with E-state index in [9.17, 15) is 4.79 Å². The Morgan fingerprint density at radius 1 is 1.30 bits per heavy atom. The summed E-state index contributed by atoms with van der Waals surface area (Å²) in [4.78, 5) is 18.4. The highest BCUT2D eigenvalue weighted by Gasteiger charge is 2.25. The fourth-order valence-corrected chi connectivity index (χ4v) is 2.95. The first kappa shape index (κ1) is 17.5. The highest BCUT2D eigenvalue weighted by atomic mass is 32.2. The van der Waals surface area contributed by atoms with Gasteiger partial charge in [0, 0.05) is 30.8 Å². The third kappa shape index (κ3) is 3.74. The van der Waals surface area contributed by atoms with Crippen LogP contribution >= 0.6 is 11.8 Å². The van der Waals surface area contributed by atoms with E-state index in [0.29, 0.717) is 16.7 Å². The number of hydrogen-bond acceptors (Lipinski definition) is 6. The molecule has 7 nitrogen and oxygen atoms in total. The lowest BCUT2D eigenvalue weighted by Gasteiger charge is -2.13. The second kappa shape index (κ2) is 6.35. The zero-order valence-electron chi connectivity index (χ0n) is 14.7. The van der Waals surface area contributed by atoms with Crippen LogP contribution in [0.5, 0.6) is 0 Å². The first-order valence-corrected chi connectivity index (χ1v) is 8.33. The maximum atomic E-state index is 12.3. The smallest absolute Gasteiger partial charge is 0.346 e. The van der Waals surface area contributed by atoms with Crippen molar-refractivity contribution in [1.82, 2.24) is 24.8 Å². The summed E-state index contributed by atoms with van der Waals surface area (Å²) in [7, 11) is 3.40. The van der Waals surface area contributed by atoms with E-state index in [0.717, 1.165) is 17.0 Å². The van der Waals surface area contributed by atoms with Crippen LogP contribution in [0, 0.1) is 13.8 Å². The van der Waals surface area contributed by atoms with E-state index in [-0.39, 0.29) is 11.4 Å². The van der Waals surface area contributed by atoms with E-state index in [1.54, 1.807) is 14.1 Å². The van der Waals surface area contributed by atoms with E-state index >= 15 is 0 Å². The van der Waals surface area contributed by atoms with Crippen molar-refractivity contribution < 1.29 is 9.32 Å². The third-order valence-electron chi connectivity index (χ3n) is 3.34. The Labute approximate surface area is 140 Å². The van der Waals surface area contributed by atoms with Crippen LogP contribution in [0.15, 0.2) is 9.68 Å². The van der Waals surface area contributed by atoms with Crippen molar-refractivity contribution in [2.45, 2.75) is 50.9 Å². The minimum Gasteiger partial charge on any atom is -0.361 e. The monoisotopic (exact) mass is 337 g/mol. The van der Waals surface area contributed by atoms with E-state index in [1.807, 2.05) is 34.6 Å². The Bertz CT molecular complexity index is 693. The molecule has 1 amide bonds. The Morgan fingerprint density at radius 2 is 1.96 bits per heavy atom. The second-order valence-corrected chi connectivity index (χ2v) is 7.59. The highest BCUT2D eigenvalue weighted by Crippen LogP contribution is 2.28. The average molecular weight is 337 g/mol. The van der Waals surface area contributed by atoms with Gasteiger partial charge < -0.3 is 9.42 Å². The fraction of sp³-hybridized carbons (Fsp3) is 0.600.